The molecule has 33 heavy (non-hydrogen) atoms. The fraction of sp³-hybridized carbons (Fsp3) is 0.800. The number of carbonyl (C=O) groups is 2. The molecule has 3 fully saturated rings. The molecule has 2 unspecified atom stereocenters. The molecule has 2 aliphatic heterocycles. The molecule has 2 atom stereocenters. The highest BCUT2D eigenvalue weighted by Crippen LogP contribution is 2.31. The number of carbonyl (C=O) groups excluding carboxylic acids is 1. The van der Waals surface area contributed by atoms with E-state index in [9.17, 15) is 14.7 Å². The van der Waals surface area contributed by atoms with Crippen LogP contribution in [0.2, 0.25) is 0 Å². The first-order valence-corrected chi connectivity index (χ1v) is 13.1. The smallest absolute Gasteiger partial charge is 0.407 e. The number of hydrogen-bond acceptors (Lipinski definition) is 4. The molecule has 0 bridgehead atoms. The summed E-state index contributed by atoms with van der Waals surface area (Å²) in [7, 11) is 0. The second-order valence-corrected chi connectivity index (χ2v) is 10.2. The van der Waals surface area contributed by atoms with Crippen LogP contribution in [0.1, 0.15) is 89.3 Å². The molecular weight excluding hydrogens is 418 g/mol. The van der Waals surface area contributed by atoms with E-state index in [0.29, 0.717) is 31.1 Å². The van der Waals surface area contributed by atoms with Gasteiger partial charge >= 0.3 is 6.09 Å². The van der Waals surface area contributed by atoms with Gasteiger partial charge in [0.25, 0.3) is 0 Å². The van der Waals surface area contributed by atoms with E-state index < -0.39 is 6.09 Å². The van der Waals surface area contributed by atoms with Crippen molar-refractivity contribution < 1.29 is 14.7 Å². The molecule has 8 nitrogen and oxygen atoms in total. The van der Waals surface area contributed by atoms with E-state index >= 15 is 0 Å². The van der Waals surface area contributed by atoms with Crippen LogP contribution in [0.4, 0.5) is 4.79 Å². The molecule has 8 heteroatoms. The number of imidazole rings is 1. The van der Waals surface area contributed by atoms with E-state index in [-0.39, 0.29) is 11.9 Å². The van der Waals surface area contributed by atoms with Gasteiger partial charge in [0.05, 0.1) is 0 Å². The topological polar surface area (TPSA) is 90.7 Å². The minimum absolute atomic E-state index is 0.102. The molecule has 2 amide bonds. The molecule has 1 saturated carbocycles. The van der Waals surface area contributed by atoms with Gasteiger partial charge in [0.1, 0.15) is 12.4 Å². The Morgan fingerprint density at radius 1 is 1.06 bits per heavy atom. The van der Waals surface area contributed by atoms with Crippen molar-refractivity contribution >= 4 is 12.0 Å². The number of hydrogen-bond donors (Lipinski definition) is 2. The summed E-state index contributed by atoms with van der Waals surface area (Å²) < 4.78 is 2.04. The number of nitrogens with zero attached hydrogens (tertiary/aromatic N) is 4. The number of aromatic nitrogens is 2. The van der Waals surface area contributed by atoms with Gasteiger partial charge in [-0.2, -0.15) is 0 Å². The highest BCUT2D eigenvalue weighted by atomic mass is 16.4. The minimum Gasteiger partial charge on any atom is -0.465 e. The van der Waals surface area contributed by atoms with Crippen LogP contribution in [0.15, 0.2) is 12.4 Å². The Balaban J connectivity index is 1.30. The van der Waals surface area contributed by atoms with Crippen molar-refractivity contribution in [3.05, 3.63) is 18.2 Å². The maximum absolute atomic E-state index is 12.6. The van der Waals surface area contributed by atoms with Crippen LogP contribution < -0.4 is 5.32 Å². The fourth-order valence-electron chi connectivity index (χ4n) is 6.22. The minimum atomic E-state index is -0.777. The largest absolute Gasteiger partial charge is 0.465 e. The van der Waals surface area contributed by atoms with Crippen LogP contribution in [-0.2, 0) is 11.3 Å². The number of amides is 2. The van der Waals surface area contributed by atoms with E-state index in [0.717, 1.165) is 70.3 Å². The van der Waals surface area contributed by atoms with Gasteiger partial charge in [0, 0.05) is 43.0 Å². The standard InChI is InChI=1S/C25H41N5O3/c1-2-21-17-22(9-6-13-30(21)25(32)33)28-14-10-19(11-15-28)24-26-12-16-29(24)18-23(31)27-20-7-4-3-5-8-20/h12,16,19-22H,2-11,13-15,17-18H2,1H3,(H,27,31)(H,32,33). The third-order valence-corrected chi connectivity index (χ3v) is 8.08. The summed E-state index contributed by atoms with van der Waals surface area (Å²) in [5, 5.41) is 12.8. The Morgan fingerprint density at radius 3 is 2.52 bits per heavy atom. The van der Waals surface area contributed by atoms with E-state index in [1.165, 1.54) is 19.3 Å². The Labute approximate surface area is 197 Å². The van der Waals surface area contributed by atoms with Gasteiger partial charge < -0.3 is 24.8 Å². The number of carboxylic acid groups (broad SMARTS) is 1. The molecule has 0 spiro atoms. The van der Waals surface area contributed by atoms with Gasteiger partial charge in [-0.3, -0.25) is 4.79 Å². The lowest BCUT2D eigenvalue weighted by Crippen LogP contribution is -2.45. The maximum Gasteiger partial charge on any atom is 0.407 e. The molecule has 3 heterocycles. The monoisotopic (exact) mass is 459 g/mol. The molecule has 0 radical (unpaired) electrons. The lowest BCUT2D eigenvalue weighted by molar-refractivity contribution is -0.122. The van der Waals surface area contributed by atoms with Crippen molar-refractivity contribution in [2.75, 3.05) is 19.6 Å². The predicted molar refractivity (Wildman–Crippen MR) is 127 cm³/mol. The molecule has 1 aromatic rings. The first kappa shape index (κ1) is 24.0. The van der Waals surface area contributed by atoms with E-state index in [1.54, 1.807) is 4.90 Å². The summed E-state index contributed by atoms with van der Waals surface area (Å²) in [5.41, 5.74) is 0. The average molecular weight is 460 g/mol. The lowest BCUT2D eigenvalue weighted by atomic mass is 9.92. The van der Waals surface area contributed by atoms with E-state index in [2.05, 4.69) is 22.1 Å². The first-order valence-electron chi connectivity index (χ1n) is 13.1. The van der Waals surface area contributed by atoms with Crippen molar-refractivity contribution in [3.8, 4) is 0 Å². The second-order valence-electron chi connectivity index (χ2n) is 10.2. The third kappa shape index (κ3) is 6.08. The van der Waals surface area contributed by atoms with E-state index in [1.807, 2.05) is 17.0 Å². The maximum atomic E-state index is 12.6. The molecule has 0 aromatic carbocycles. The lowest BCUT2D eigenvalue weighted by Gasteiger charge is -2.38. The molecule has 4 rings (SSSR count). The quantitative estimate of drug-likeness (QED) is 0.675. The molecule has 3 aliphatic rings. The van der Waals surface area contributed by atoms with Crippen LogP contribution in [0.3, 0.4) is 0 Å². The van der Waals surface area contributed by atoms with Crippen molar-refractivity contribution in [2.45, 2.75) is 108 Å². The Kier molecular flexibility index (Phi) is 8.28. The normalized spacial score (nSPS) is 26.2. The van der Waals surface area contributed by atoms with Gasteiger partial charge in [-0.1, -0.05) is 26.2 Å². The summed E-state index contributed by atoms with van der Waals surface area (Å²) in [4.78, 5) is 33.1. The zero-order valence-corrected chi connectivity index (χ0v) is 20.1. The Hall–Kier alpha value is -2.09. The van der Waals surface area contributed by atoms with Gasteiger partial charge in [-0.05, 0) is 64.5 Å². The highest BCUT2D eigenvalue weighted by Gasteiger charge is 2.33. The molecule has 184 valence electrons. The number of piperidine rings is 1. The summed E-state index contributed by atoms with van der Waals surface area (Å²) >= 11 is 0. The Morgan fingerprint density at radius 2 is 1.82 bits per heavy atom. The van der Waals surface area contributed by atoms with Crippen LogP contribution in [0.5, 0.6) is 0 Å². The third-order valence-electron chi connectivity index (χ3n) is 8.08. The predicted octanol–water partition coefficient (Wildman–Crippen LogP) is 3.82. The molecular formula is C25H41N5O3. The van der Waals surface area contributed by atoms with Crippen molar-refractivity contribution in [3.63, 3.8) is 0 Å². The summed E-state index contributed by atoms with van der Waals surface area (Å²) in [6.45, 7) is 5.14. The van der Waals surface area contributed by atoms with Crippen LogP contribution in [0.25, 0.3) is 0 Å². The highest BCUT2D eigenvalue weighted by molar-refractivity contribution is 5.76. The van der Waals surface area contributed by atoms with Crippen molar-refractivity contribution in [1.29, 1.82) is 0 Å². The zero-order chi connectivity index (χ0) is 23.2. The molecule has 1 aromatic heterocycles. The average Bonchev–Trinajstić information content (AvgIpc) is 3.16. The van der Waals surface area contributed by atoms with E-state index in [4.69, 9.17) is 0 Å². The number of likely N-dealkylation sites (tertiary alicyclic amines) is 2. The summed E-state index contributed by atoms with van der Waals surface area (Å²) in [6.07, 6.45) is 14.8. The Bertz CT molecular complexity index is 783. The SMILES string of the molecule is CCC1CC(N2CCC(c3nccn3CC(=O)NC3CCCCC3)CC2)CCCN1C(=O)O. The summed E-state index contributed by atoms with van der Waals surface area (Å²) in [5.74, 6) is 1.52. The number of nitrogens with one attached hydrogen (secondary N) is 1. The van der Waals surface area contributed by atoms with Crippen LogP contribution >= 0.6 is 0 Å². The van der Waals surface area contributed by atoms with Gasteiger partial charge in [0.15, 0.2) is 0 Å². The first-order chi connectivity index (χ1) is 16.0. The van der Waals surface area contributed by atoms with Crippen LogP contribution in [0, 0.1) is 0 Å². The molecule has 2 saturated heterocycles. The number of rotatable bonds is 6. The zero-order valence-electron chi connectivity index (χ0n) is 20.1. The van der Waals surface area contributed by atoms with Crippen molar-refractivity contribution in [2.24, 2.45) is 0 Å². The summed E-state index contributed by atoms with van der Waals surface area (Å²) in [6, 6.07) is 0.917. The van der Waals surface area contributed by atoms with Crippen molar-refractivity contribution in [1.82, 2.24) is 24.7 Å². The molecule has 2 N–H and O–H groups in total. The fourth-order valence-corrected chi connectivity index (χ4v) is 6.22. The second kappa shape index (κ2) is 11.4. The van der Waals surface area contributed by atoms with Gasteiger partial charge in [-0.15, -0.1) is 0 Å². The van der Waals surface area contributed by atoms with Gasteiger partial charge in [0.2, 0.25) is 5.91 Å². The van der Waals surface area contributed by atoms with Crippen LogP contribution in [-0.4, -0.2) is 74.2 Å². The molecule has 1 aliphatic carbocycles. The van der Waals surface area contributed by atoms with Gasteiger partial charge in [-0.25, -0.2) is 9.78 Å².